The van der Waals surface area contributed by atoms with Crippen LogP contribution in [0.2, 0.25) is 0 Å². The molecule has 1 atom stereocenters. The Morgan fingerprint density at radius 2 is 2.37 bits per heavy atom. The molecule has 106 valence electrons. The zero-order valence-corrected chi connectivity index (χ0v) is 11.4. The van der Waals surface area contributed by atoms with Crippen molar-refractivity contribution in [2.45, 2.75) is 25.9 Å². The third-order valence-electron chi connectivity index (χ3n) is 3.43. The highest BCUT2D eigenvalue weighted by Gasteiger charge is 2.21. The number of aliphatic hydroxyl groups excluding tert-OH is 1. The molecule has 0 radical (unpaired) electrons. The van der Waals surface area contributed by atoms with E-state index in [0.717, 1.165) is 31.7 Å². The summed E-state index contributed by atoms with van der Waals surface area (Å²) in [6.45, 7) is 2.51. The van der Waals surface area contributed by atoms with Crippen LogP contribution in [0, 0.1) is 5.92 Å². The van der Waals surface area contributed by atoms with Gasteiger partial charge in [0, 0.05) is 32.9 Å². The Hall–Kier alpha value is -1.40. The average molecular weight is 266 g/mol. The van der Waals surface area contributed by atoms with Gasteiger partial charge in [-0.25, -0.2) is 9.97 Å². The van der Waals surface area contributed by atoms with Gasteiger partial charge in [0.1, 0.15) is 18.2 Å². The molecule has 1 aliphatic heterocycles. The highest BCUT2D eigenvalue weighted by molar-refractivity contribution is 5.47. The van der Waals surface area contributed by atoms with Crippen LogP contribution in [0.25, 0.3) is 0 Å². The van der Waals surface area contributed by atoms with Crippen LogP contribution < -0.4 is 10.6 Å². The number of nitrogen functional groups attached to an aromatic ring is 1. The van der Waals surface area contributed by atoms with Gasteiger partial charge in [-0.2, -0.15) is 0 Å². The monoisotopic (exact) mass is 266 g/mol. The van der Waals surface area contributed by atoms with Crippen molar-refractivity contribution in [2.75, 3.05) is 37.4 Å². The lowest BCUT2D eigenvalue weighted by Gasteiger charge is -2.33. The maximum atomic E-state index is 9.05. The van der Waals surface area contributed by atoms with Crippen LogP contribution in [0.1, 0.15) is 25.1 Å². The summed E-state index contributed by atoms with van der Waals surface area (Å²) >= 11 is 0. The molecule has 1 fully saturated rings. The van der Waals surface area contributed by atoms with Crippen LogP contribution in [0.5, 0.6) is 0 Å². The number of aromatic nitrogens is 2. The molecule has 1 unspecified atom stereocenters. The summed E-state index contributed by atoms with van der Waals surface area (Å²) in [5.74, 6) is 2.48. The van der Waals surface area contributed by atoms with Gasteiger partial charge in [-0.15, -0.1) is 0 Å². The average Bonchev–Trinajstić information content (AvgIpc) is 2.39. The third-order valence-corrected chi connectivity index (χ3v) is 3.43. The van der Waals surface area contributed by atoms with Gasteiger partial charge in [0.15, 0.2) is 5.82 Å². The minimum atomic E-state index is 0.249. The molecule has 0 saturated carbocycles. The normalized spacial score (nSPS) is 19.7. The van der Waals surface area contributed by atoms with E-state index < -0.39 is 0 Å². The van der Waals surface area contributed by atoms with Gasteiger partial charge >= 0.3 is 0 Å². The number of anilines is 2. The fourth-order valence-corrected chi connectivity index (χ4v) is 2.55. The number of piperidine rings is 1. The minimum absolute atomic E-state index is 0.249. The molecule has 1 aromatic rings. The fourth-order valence-electron chi connectivity index (χ4n) is 2.55. The molecule has 0 aromatic carbocycles. The van der Waals surface area contributed by atoms with Crippen molar-refractivity contribution in [1.29, 1.82) is 0 Å². The van der Waals surface area contributed by atoms with Crippen LogP contribution in [0.4, 0.5) is 11.6 Å². The van der Waals surface area contributed by atoms with E-state index in [1.54, 1.807) is 13.2 Å². The summed E-state index contributed by atoms with van der Waals surface area (Å²) in [7, 11) is 1.62. The molecule has 1 aliphatic rings. The van der Waals surface area contributed by atoms with E-state index in [4.69, 9.17) is 15.6 Å². The number of ether oxygens (including phenoxy) is 1. The second-order valence-corrected chi connectivity index (χ2v) is 4.97. The SMILES string of the molecule is COCc1nc(N)cc(N2CCCC(CCO)C2)n1. The summed E-state index contributed by atoms with van der Waals surface area (Å²) < 4.78 is 5.05. The standard InChI is InChI=1S/C13H22N4O2/c1-19-9-12-15-11(14)7-13(16-12)17-5-2-3-10(8-17)4-6-18/h7,10,18H,2-6,8-9H2,1H3,(H2,14,15,16). The van der Waals surface area contributed by atoms with Crippen LogP contribution in [-0.2, 0) is 11.3 Å². The van der Waals surface area contributed by atoms with E-state index in [1.165, 1.54) is 6.42 Å². The van der Waals surface area contributed by atoms with Gasteiger partial charge in [0.2, 0.25) is 0 Å². The van der Waals surface area contributed by atoms with E-state index in [0.29, 0.717) is 24.2 Å². The summed E-state index contributed by atoms with van der Waals surface area (Å²) in [4.78, 5) is 10.9. The maximum absolute atomic E-state index is 9.05. The molecule has 2 heterocycles. The topological polar surface area (TPSA) is 84.5 Å². The van der Waals surface area contributed by atoms with E-state index in [2.05, 4.69) is 14.9 Å². The quantitative estimate of drug-likeness (QED) is 0.820. The first-order chi connectivity index (χ1) is 9.22. The molecule has 3 N–H and O–H groups in total. The van der Waals surface area contributed by atoms with Crippen LogP contribution in [0.15, 0.2) is 6.07 Å². The number of nitrogens with zero attached hydrogens (tertiary/aromatic N) is 3. The van der Waals surface area contributed by atoms with Crippen LogP contribution in [0.3, 0.4) is 0 Å². The molecule has 0 amide bonds. The smallest absolute Gasteiger partial charge is 0.158 e. The summed E-state index contributed by atoms with van der Waals surface area (Å²) in [6.07, 6.45) is 3.14. The predicted octanol–water partition coefficient (Wildman–Crippen LogP) is 0.804. The lowest BCUT2D eigenvalue weighted by Crippen LogP contribution is -2.36. The van der Waals surface area contributed by atoms with Gasteiger partial charge in [-0.3, -0.25) is 0 Å². The second kappa shape index (κ2) is 6.68. The highest BCUT2D eigenvalue weighted by Crippen LogP contribution is 2.24. The van der Waals surface area contributed by atoms with Gasteiger partial charge in [-0.1, -0.05) is 0 Å². The van der Waals surface area contributed by atoms with E-state index >= 15 is 0 Å². The zero-order chi connectivity index (χ0) is 13.7. The van der Waals surface area contributed by atoms with Crippen molar-refractivity contribution < 1.29 is 9.84 Å². The number of aliphatic hydroxyl groups is 1. The van der Waals surface area contributed by atoms with E-state index in [1.807, 2.05) is 0 Å². The molecule has 1 aromatic heterocycles. The lowest BCUT2D eigenvalue weighted by molar-refractivity contribution is 0.178. The lowest BCUT2D eigenvalue weighted by atomic mass is 9.95. The Balaban J connectivity index is 2.11. The molecular formula is C13H22N4O2. The Bertz CT molecular complexity index is 412. The first-order valence-electron chi connectivity index (χ1n) is 6.71. The molecule has 2 rings (SSSR count). The Labute approximate surface area is 113 Å². The molecule has 0 bridgehead atoms. The highest BCUT2D eigenvalue weighted by atomic mass is 16.5. The summed E-state index contributed by atoms with van der Waals surface area (Å²) in [6, 6.07) is 1.81. The fraction of sp³-hybridized carbons (Fsp3) is 0.692. The van der Waals surface area contributed by atoms with Crippen molar-refractivity contribution in [2.24, 2.45) is 5.92 Å². The first kappa shape index (κ1) is 14.0. The number of hydrogen-bond donors (Lipinski definition) is 2. The number of hydrogen-bond acceptors (Lipinski definition) is 6. The third kappa shape index (κ3) is 3.78. The van der Waals surface area contributed by atoms with E-state index in [-0.39, 0.29) is 6.61 Å². The van der Waals surface area contributed by atoms with Crippen molar-refractivity contribution in [3.63, 3.8) is 0 Å². The number of rotatable bonds is 5. The molecule has 6 heteroatoms. The molecule has 0 aliphatic carbocycles. The van der Waals surface area contributed by atoms with Gasteiger partial charge < -0.3 is 20.5 Å². The summed E-state index contributed by atoms with van der Waals surface area (Å²) in [5.41, 5.74) is 5.82. The zero-order valence-electron chi connectivity index (χ0n) is 11.4. The van der Waals surface area contributed by atoms with Crippen molar-refractivity contribution in [1.82, 2.24) is 9.97 Å². The predicted molar refractivity (Wildman–Crippen MR) is 73.8 cm³/mol. The Morgan fingerprint density at radius 1 is 1.53 bits per heavy atom. The molecule has 1 saturated heterocycles. The maximum Gasteiger partial charge on any atom is 0.158 e. The van der Waals surface area contributed by atoms with Crippen molar-refractivity contribution >= 4 is 11.6 Å². The van der Waals surface area contributed by atoms with Gasteiger partial charge in [0.25, 0.3) is 0 Å². The molecule has 0 spiro atoms. The van der Waals surface area contributed by atoms with Crippen molar-refractivity contribution in [3.05, 3.63) is 11.9 Å². The van der Waals surface area contributed by atoms with E-state index in [9.17, 15) is 0 Å². The van der Waals surface area contributed by atoms with Gasteiger partial charge in [-0.05, 0) is 25.2 Å². The van der Waals surface area contributed by atoms with Gasteiger partial charge in [0.05, 0.1) is 0 Å². The Kier molecular flexibility index (Phi) is 4.93. The number of nitrogens with two attached hydrogens (primary N) is 1. The molecule has 19 heavy (non-hydrogen) atoms. The van der Waals surface area contributed by atoms with Crippen LogP contribution in [-0.4, -0.2) is 41.9 Å². The Morgan fingerprint density at radius 3 is 3.11 bits per heavy atom. The molecular weight excluding hydrogens is 244 g/mol. The van der Waals surface area contributed by atoms with Crippen molar-refractivity contribution in [3.8, 4) is 0 Å². The first-order valence-corrected chi connectivity index (χ1v) is 6.71. The van der Waals surface area contributed by atoms with Crippen LogP contribution >= 0.6 is 0 Å². The summed E-state index contributed by atoms with van der Waals surface area (Å²) in [5, 5.41) is 9.05. The second-order valence-electron chi connectivity index (χ2n) is 4.97. The molecule has 6 nitrogen and oxygen atoms in total. The minimum Gasteiger partial charge on any atom is -0.396 e. The largest absolute Gasteiger partial charge is 0.396 e. The number of methoxy groups -OCH3 is 1.